The number of carbonyl (C=O) groups is 2. The number of nitro groups is 2. The van der Waals surface area contributed by atoms with Gasteiger partial charge in [-0.15, -0.1) is 11.8 Å². The zero-order chi connectivity index (χ0) is 24.5. The summed E-state index contributed by atoms with van der Waals surface area (Å²) in [6.45, 7) is 3.79. The molecule has 0 aliphatic carbocycles. The van der Waals surface area contributed by atoms with Gasteiger partial charge in [0, 0.05) is 17.5 Å². The standard InChI is InChI=1S/C20H22N4O8S/c1-3-32-20(27)13-4-6-14(7-5-13)21-12(2)33-11-17(19(25)26)22-16-9-8-15(23(28)29)10-18(16)24(30)31/h4-10,12,17,21-22H,3,11H2,1-2H3,(H,25,26). The van der Waals surface area contributed by atoms with Crippen LogP contribution in [0.1, 0.15) is 24.2 Å². The predicted octanol–water partition coefficient (Wildman–Crippen LogP) is 3.74. The molecule has 12 nitrogen and oxygen atoms in total. The normalized spacial score (nSPS) is 12.3. The van der Waals surface area contributed by atoms with Crippen LogP contribution in [0.5, 0.6) is 0 Å². The highest BCUT2D eigenvalue weighted by Gasteiger charge is 2.25. The average Bonchev–Trinajstić information content (AvgIpc) is 2.76. The van der Waals surface area contributed by atoms with Crippen LogP contribution in [0, 0.1) is 20.2 Å². The molecule has 0 fully saturated rings. The molecule has 0 heterocycles. The second-order valence-corrected chi connectivity index (χ2v) is 8.04. The average molecular weight is 478 g/mol. The fraction of sp³-hybridized carbons (Fsp3) is 0.300. The Kier molecular flexibility index (Phi) is 8.98. The van der Waals surface area contributed by atoms with Crippen molar-refractivity contribution in [2.75, 3.05) is 23.0 Å². The summed E-state index contributed by atoms with van der Waals surface area (Å²) >= 11 is 1.24. The lowest BCUT2D eigenvalue weighted by atomic mass is 10.2. The molecule has 3 N–H and O–H groups in total. The zero-order valence-electron chi connectivity index (χ0n) is 17.7. The van der Waals surface area contributed by atoms with Gasteiger partial charge in [0.15, 0.2) is 0 Å². The number of ether oxygens (including phenoxy) is 1. The summed E-state index contributed by atoms with van der Waals surface area (Å²) < 4.78 is 4.92. The van der Waals surface area contributed by atoms with E-state index in [4.69, 9.17) is 4.74 Å². The Bertz CT molecular complexity index is 1030. The van der Waals surface area contributed by atoms with E-state index < -0.39 is 39.2 Å². The monoisotopic (exact) mass is 478 g/mol. The summed E-state index contributed by atoms with van der Waals surface area (Å²) in [5, 5.41) is 37.1. The van der Waals surface area contributed by atoms with Gasteiger partial charge in [0.2, 0.25) is 0 Å². The second kappa shape index (κ2) is 11.7. The van der Waals surface area contributed by atoms with E-state index in [9.17, 15) is 34.9 Å². The summed E-state index contributed by atoms with van der Waals surface area (Å²) in [6, 6.07) is 8.35. The molecule has 0 aliphatic heterocycles. The van der Waals surface area contributed by atoms with Crippen LogP contribution in [0.15, 0.2) is 42.5 Å². The van der Waals surface area contributed by atoms with Gasteiger partial charge in [0.1, 0.15) is 11.7 Å². The molecular weight excluding hydrogens is 456 g/mol. The fourth-order valence-corrected chi connectivity index (χ4v) is 3.63. The number of carboxylic acids is 1. The number of nitrogens with zero attached hydrogens (tertiary/aromatic N) is 2. The number of aliphatic carboxylic acids is 1. The predicted molar refractivity (Wildman–Crippen MR) is 123 cm³/mol. The SMILES string of the molecule is CCOC(=O)c1ccc(NC(C)SCC(Nc2ccc([N+](=O)[O-])cc2[N+](=O)[O-])C(=O)O)cc1. The van der Waals surface area contributed by atoms with Crippen LogP contribution in [0.2, 0.25) is 0 Å². The van der Waals surface area contributed by atoms with Crippen LogP contribution in [0.3, 0.4) is 0 Å². The number of non-ortho nitro benzene ring substituents is 1. The van der Waals surface area contributed by atoms with Crippen molar-refractivity contribution in [2.24, 2.45) is 0 Å². The lowest BCUT2D eigenvalue weighted by Gasteiger charge is -2.19. The van der Waals surface area contributed by atoms with Crippen molar-refractivity contribution in [3.8, 4) is 0 Å². The Morgan fingerprint density at radius 3 is 2.30 bits per heavy atom. The summed E-state index contributed by atoms with van der Waals surface area (Å²) in [4.78, 5) is 43.9. The number of carboxylic acid groups (broad SMARTS) is 1. The van der Waals surface area contributed by atoms with Crippen LogP contribution < -0.4 is 10.6 Å². The molecule has 0 saturated carbocycles. The van der Waals surface area contributed by atoms with Crippen LogP contribution in [0.25, 0.3) is 0 Å². The molecular formula is C20H22N4O8S. The van der Waals surface area contributed by atoms with E-state index in [1.807, 2.05) is 0 Å². The summed E-state index contributed by atoms with van der Waals surface area (Å²) in [7, 11) is 0. The molecule has 2 aromatic carbocycles. The van der Waals surface area contributed by atoms with E-state index in [0.29, 0.717) is 11.3 Å². The third-order valence-electron chi connectivity index (χ3n) is 4.30. The number of nitrogens with one attached hydrogen (secondary N) is 2. The zero-order valence-corrected chi connectivity index (χ0v) is 18.5. The maximum Gasteiger partial charge on any atom is 0.338 e. The van der Waals surface area contributed by atoms with Crippen LogP contribution in [0.4, 0.5) is 22.7 Å². The summed E-state index contributed by atoms with van der Waals surface area (Å²) in [5.74, 6) is -1.62. The van der Waals surface area contributed by atoms with Gasteiger partial charge < -0.3 is 20.5 Å². The van der Waals surface area contributed by atoms with Crippen molar-refractivity contribution in [3.05, 3.63) is 68.3 Å². The lowest BCUT2D eigenvalue weighted by molar-refractivity contribution is -0.393. The van der Waals surface area contributed by atoms with E-state index in [2.05, 4.69) is 10.6 Å². The van der Waals surface area contributed by atoms with E-state index in [1.54, 1.807) is 38.1 Å². The van der Waals surface area contributed by atoms with Gasteiger partial charge in [0.05, 0.1) is 33.5 Å². The molecule has 33 heavy (non-hydrogen) atoms. The number of nitro benzene ring substituents is 2. The number of hydrogen-bond acceptors (Lipinski definition) is 10. The van der Waals surface area contributed by atoms with E-state index in [1.165, 1.54) is 11.8 Å². The van der Waals surface area contributed by atoms with Gasteiger partial charge in [-0.05, 0) is 44.2 Å². The van der Waals surface area contributed by atoms with Crippen LogP contribution in [-0.4, -0.2) is 50.7 Å². The lowest BCUT2D eigenvalue weighted by Crippen LogP contribution is -2.33. The number of rotatable bonds is 12. The Balaban J connectivity index is 2.02. The van der Waals surface area contributed by atoms with Gasteiger partial charge >= 0.3 is 11.9 Å². The van der Waals surface area contributed by atoms with Crippen molar-refractivity contribution in [1.82, 2.24) is 0 Å². The molecule has 176 valence electrons. The van der Waals surface area contributed by atoms with Gasteiger partial charge in [-0.2, -0.15) is 0 Å². The largest absolute Gasteiger partial charge is 0.480 e. The molecule has 0 radical (unpaired) electrons. The third kappa shape index (κ3) is 7.35. The molecule has 13 heteroatoms. The first kappa shape index (κ1) is 25.4. The van der Waals surface area contributed by atoms with Gasteiger partial charge in [0.25, 0.3) is 11.4 Å². The molecule has 0 amide bonds. The number of anilines is 2. The minimum atomic E-state index is -1.24. The first-order chi connectivity index (χ1) is 15.6. The van der Waals surface area contributed by atoms with Gasteiger partial charge in [-0.3, -0.25) is 20.2 Å². The molecule has 0 aromatic heterocycles. The Hall–Kier alpha value is -3.87. The molecule has 2 aromatic rings. The topological polar surface area (TPSA) is 174 Å². The number of benzene rings is 2. The third-order valence-corrected chi connectivity index (χ3v) is 5.44. The van der Waals surface area contributed by atoms with Crippen molar-refractivity contribution >= 4 is 46.5 Å². The highest BCUT2D eigenvalue weighted by Crippen LogP contribution is 2.30. The fourth-order valence-electron chi connectivity index (χ4n) is 2.70. The second-order valence-electron chi connectivity index (χ2n) is 6.67. The van der Waals surface area contributed by atoms with Crippen molar-refractivity contribution in [1.29, 1.82) is 0 Å². The number of esters is 1. The maximum atomic E-state index is 11.7. The maximum absolute atomic E-state index is 11.7. The Morgan fingerprint density at radius 2 is 1.76 bits per heavy atom. The smallest absolute Gasteiger partial charge is 0.338 e. The quantitative estimate of drug-likeness (QED) is 0.175. The molecule has 2 atom stereocenters. The molecule has 2 rings (SSSR count). The Labute approximate surface area is 192 Å². The first-order valence-corrected chi connectivity index (χ1v) is 10.7. The molecule has 0 saturated heterocycles. The molecule has 0 spiro atoms. The van der Waals surface area contributed by atoms with Crippen molar-refractivity contribution in [2.45, 2.75) is 25.3 Å². The highest BCUT2D eigenvalue weighted by atomic mass is 32.2. The Morgan fingerprint density at radius 1 is 1.09 bits per heavy atom. The van der Waals surface area contributed by atoms with E-state index in [-0.39, 0.29) is 23.4 Å². The van der Waals surface area contributed by atoms with Crippen LogP contribution >= 0.6 is 11.8 Å². The van der Waals surface area contributed by atoms with Gasteiger partial charge in [-0.1, -0.05) is 0 Å². The van der Waals surface area contributed by atoms with Gasteiger partial charge in [-0.25, -0.2) is 9.59 Å². The van der Waals surface area contributed by atoms with Crippen molar-refractivity contribution in [3.63, 3.8) is 0 Å². The molecule has 0 aliphatic rings. The molecule has 2 unspecified atom stereocenters. The van der Waals surface area contributed by atoms with Crippen LogP contribution in [-0.2, 0) is 9.53 Å². The number of thioether (sulfide) groups is 1. The summed E-state index contributed by atoms with van der Waals surface area (Å²) in [5.41, 5.74) is -0.0844. The summed E-state index contributed by atoms with van der Waals surface area (Å²) in [6.07, 6.45) is 0. The minimum absolute atomic E-state index is 0.0402. The first-order valence-electron chi connectivity index (χ1n) is 9.69. The van der Waals surface area contributed by atoms with Crippen molar-refractivity contribution < 1.29 is 29.3 Å². The molecule has 0 bridgehead atoms. The number of carbonyl (C=O) groups excluding carboxylic acids is 1. The minimum Gasteiger partial charge on any atom is -0.480 e. The van der Waals surface area contributed by atoms with E-state index in [0.717, 1.165) is 18.2 Å². The van der Waals surface area contributed by atoms with E-state index >= 15 is 0 Å². The highest BCUT2D eigenvalue weighted by molar-refractivity contribution is 8.00. The number of hydrogen-bond donors (Lipinski definition) is 3.